The lowest BCUT2D eigenvalue weighted by Gasteiger charge is -2.23. The molecule has 0 bridgehead atoms. The van der Waals surface area contributed by atoms with Crippen LogP contribution >= 0.6 is 0 Å². The van der Waals surface area contributed by atoms with Crippen LogP contribution in [-0.4, -0.2) is 11.7 Å². The summed E-state index contributed by atoms with van der Waals surface area (Å²) in [7, 11) is 0. The Bertz CT molecular complexity index is 409. The molecule has 2 rings (SSSR count). The SMILES string of the molecule is N#Cc1cc2c(cc1O)[C@@H](N)CCO2. The van der Waals surface area contributed by atoms with Gasteiger partial charge in [-0.25, -0.2) is 0 Å². The number of nitrogens with two attached hydrogens (primary N) is 1. The van der Waals surface area contributed by atoms with Crippen LogP contribution in [0, 0.1) is 11.3 Å². The molecule has 1 heterocycles. The lowest BCUT2D eigenvalue weighted by atomic mass is 9.99. The maximum atomic E-state index is 9.45. The van der Waals surface area contributed by atoms with E-state index in [0.717, 1.165) is 12.0 Å². The van der Waals surface area contributed by atoms with Crippen molar-refractivity contribution in [1.29, 1.82) is 5.26 Å². The minimum absolute atomic E-state index is 0.0350. The minimum atomic E-state index is -0.114. The van der Waals surface area contributed by atoms with Crippen molar-refractivity contribution in [1.82, 2.24) is 0 Å². The van der Waals surface area contributed by atoms with Gasteiger partial charge in [-0.1, -0.05) is 0 Å². The van der Waals surface area contributed by atoms with E-state index in [2.05, 4.69) is 0 Å². The summed E-state index contributed by atoms with van der Waals surface area (Å²) in [5, 5.41) is 18.1. The molecule has 1 aliphatic rings. The summed E-state index contributed by atoms with van der Waals surface area (Å²) in [6.45, 7) is 0.559. The van der Waals surface area contributed by atoms with Gasteiger partial charge >= 0.3 is 0 Å². The van der Waals surface area contributed by atoms with Gasteiger partial charge in [0.1, 0.15) is 17.6 Å². The molecule has 1 atom stereocenters. The average molecular weight is 190 g/mol. The van der Waals surface area contributed by atoms with Gasteiger partial charge in [0, 0.05) is 24.1 Å². The second kappa shape index (κ2) is 3.20. The van der Waals surface area contributed by atoms with Crippen molar-refractivity contribution in [2.24, 2.45) is 5.73 Å². The Labute approximate surface area is 81.5 Å². The van der Waals surface area contributed by atoms with Crippen molar-refractivity contribution >= 4 is 0 Å². The third kappa shape index (κ3) is 1.28. The van der Waals surface area contributed by atoms with Crippen LogP contribution in [0.5, 0.6) is 11.5 Å². The summed E-state index contributed by atoms with van der Waals surface area (Å²) in [6, 6.07) is 4.82. The molecule has 0 aromatic heterocycles. The van der Waals surface area contributed by atoms with E-state index in [0.29, 0.717) is 12.4 Å². The summed E-state index contributed by atoms with van der Waals surface area (Å²) >= 11 is 0. The van der Waals surface area contributed by atoms with E-state index < -0.39 is 0 Å². The standard InChI is InChI=1S/C10H10N2O2/c11-5-6-3-10-7(4-9(6)13)8(12)1-2-14-10/h3-4,8,13H,1-2,12H2/t8-/m0/s1. The first-order chi connectivity index (χ1) is 6.72. The molecule has 0 unspecified atom stereocenters. The quantitative estimate of drug-likeness (QED) is 0.640. The van der Waals surface area contributed by atoms with Gasteiger partial charge in [0.05, 0.1) is 12.2 Å². The van der Waals surface area contributed by atoms with Crippen molar-refractivity contribution in [3.63, 3.8) is 0 Å². The van der Waals surface area contributed by atoms with Crippen LogP contribution < -0.4 is 10.5 Å². The molecule has 0 saturated carbocycles. The fourth-order valence-corrected chi connectivity index (χ4v) is 1.54. The van der Waals surface area contributed by atoms with Crippen LogP contribution in [0.4, 0.5) is 0 Å². The van der Waals surface area contributed by atoms with Gasteiger partial charge in [-0.2, -0.15) is 5.26 Å². The maximum Gasteiger partial charge on any atom is 0.133 e. The first-order valence-corrected chi connectivity index (χ1v) is 4.37. The molecule has 4 nitrogen and oxygen atoms in total. The molecule has 14 heavy (non-hydrogen) atoms. The Morgan fingerprint density at radius 1 is 1.57 bits per heavy atom. The van der Waals surface area contributed by atoms with E-state index >= 15 is 0 Å². The van der Waals surface area contributed by atoms with E-state index in [-0.39, 0.29) is 17.4 Å². The van der Waals surface area contributed by atoms with Crippen molar-refractivity contribution in [3.8, 4) is 17.6 Å². The Morgan fingerprint density at radius 2 is 2.36 bits per heavy atom. The van der Waals surface area contributed by atoms with Crippen LogP contribution in [0.2, 0.25) is 0 Å². The highest BCUT2D eigenvalue weighted by molar-refractivity contribution is 5.52. The Hall–Kier alpha value is -1.73. The predicted octanol–water partition coefficient (Wildman–Crippen LogP) is 1.05. The van der Waals surface area contributed by atoms with E-state index in [1.807, 2.05) is 6.07 Å². The molecule has 1 aromatic carbocycles. The lowest BCUT2D eigenvalue weighted by molar-refractivity contribution is 0.268. The normalized spacial score (nSPS) is 19.3. The highest BCUT2D eigenvalue weighted by atomic mass is 16.5. The molecular weight excluding hydrogens is 180 g/mol. The molecule has 0 aliphatic carbocycles. The largest absolute Gasteiger partial charge is 0.507 e. The van der Waals surface area contributed by atoms with Crippen LogP contribution in [0.15, 0.2) is 12.1 Å². The summed E-state index contributed by atoms with van der Waals surface area (Å²) < 4.78 is 5.35. The van der Waals surface area contributed by atoms with Crippen LogP contribution in [0.25, 0.3) is 0 Å². The zero-order valence-corrected chi connectivity index (χ0v) is 7.53. The van der Waals surface area contributed by atoms with Gasteiger partial charge in [0.15, 0.2) is 0 Å². The van der Waals surface area contributed by atoms with E-state index in [1.54, 1.807) is 0 Å². The molecule has 0 spiro atoms. The maximum absolute atomic E-state index is 9.45. The number of phenolic OH excluding ortho intramolecular Hbond substituents is 1. The monoisotopic (exact) mass is 190 g/mol. The molecule has 4 heteroatoms. The molecule has 0 radical (unpaired) electrons. The van der Waals surface area contributed by atoms with E-state index in [9.17, 15) is 5.11 Å². The number of hydrogen-bond acceptors (Lipinski definition) is 4. The van der Waals surface area contributed by atoms with E-state index in [4.69, 9.17) is 15.7 Å². The number of hydrogen-bond donors (Lipinski definition) is 2. The topological polar surface area (TPSA) is 79.3 Å². The Balaban J connectivity index is 2.55. The molecule has 1 aliphatic heterocycles. The molecule has 1 aromatic rings. The predicted molar refractivity (Wildman–Crippen MR) is 49.9 cm³/mol. The lowest BCUT2D eigenvalue weighted by Crippen LogP contribution is -2.20. The third-order valence-corrected chi connectivity index (χ3v) is 2.33. The van der Waals surface area contributed by atoms with Crippen molar-refractivity contribution in [3.05, 3.63) is 23.3 Å². The number of fused-ring (bicyclic) bond motifs is 1. The minimum Gasteiger partial charge on any atom is -0.507 e. The second-order valence-corrected chi connectivity index (χ2v) is 3.26. The van der Waals surface area contributed by atoms with Crippen LogP contribution in [0.3, 0.4) is 0 Å². The van der Waals surface area contributed by atoms with Gasteiger partial charge in [-0.15, -0.1) is 0 Å². The van der Waals surface area contributed by atoms with Crippen molar-refractivity contribution < 1.29 is 9.84 Å². The average Bonchev–Trinajstić information content (AvgIpc) is 2.19. The Kier molecular flexibility index (Phi) is 2.02. The van der Waals surface area contributed by atoms with Gasteiger partial charge in [-0.3, -0.25) is 0 Å². The fourth-order valence-electron chi connectivity index (χ4n) is 1.54. The number of rotatable bonds is 0. The molecule has 3 N–H and O–H groups in total. The van der Waals surface area contributed by atoms with Crippen molar-refractivity contribution in [2.75, 3.05) is 6.61 Å². The fraction of sp³-hybridized carbons (Fsp3) is 0.300. The van der Waals surface area contributed by atoms with Gasteiger partial charge in [0.25, 0.3) is 0 Å². The summed E-state index contributed by atoms with van der Waals surface area (Å²) in [6.07, 6.45) is 0.734. The summed E-state index contributed by atoms with van der Waals surface area (Å²) in [5.41, 5.74) is 6.82. The van der Waals surface area contributed by atoms with Gasteiger partial charge in [0.2, 0.25) is 0 Å². The Morgan fingerprint density at radius 3 is 3.07 bits per heavy atom. The number of nitriles is 1. The highest BCUT2D eigenvalue weighted by Crippen LogP contribution is 2.35. The number of nitrogens with zero attached hydrogens (tertiary/aromatic N) is 1. The number of phenols is 1. The summed E-state index contributed by atoms with van der Waals surface area (Å²) in [4.78, 5) is 0. The molecule has 0 fully saturated rings. The van der Waals surface area contributed by atoms with Crippen LogP contribution in [-0.2, 0) is 0 Å². The number of aromatic hydroxyl groups is 1. The first kappa shape index (κ1) is 8.85. The zero-order valence-electron chi connectivity index (χ0n) is 7.53. The second-order valence-electron chi connectivity index (χ2n) is 3.26. The third-order valence-electron chi connectivity index (χ3n) is 2.33. The zero-order chi connectivity index (χ0) is 10.1. The first-order valence-electron chi connectivity index (χ1n) is 4.37. The molecule has 72 valence electrons. The molecular formula is C10H10N2O2. The molecule has 0 amide bonds. The number of benzene rings is 1. The van der Waals surface area contributed by atoms with Gasteiger partial charge in [-0.05, 0) is 6.07 Å². The highest BCUT2D eigenvalue weighted by Gasteiger charge is 2.20. The van der Waals surface area contributed by atoms with E-state index in [1.165, 1.54) is 12.1 Å². The smallest absolute Gasteiger partial charge is 0.133 e. The van der Waals surface area contributed by atoms with Crippen molar-refractivity contribution in [2.45, 2.75) is 12.5 Å². The van der Waals surface area contributed by atoms with Crippen LogP contribution in [0.1, 0.15) is 23.6 Å². The summed E-state index contributed by atoms with van der Waals surface area (Å²) in [5.74, 6) is 0.574. The van der Waals surface area contributed by atoms with Gasteiger partial charge < -0.3 is 15.6 Å². The number of ether oxygens (including phenoxy) is 1. The molecule has 0 saturated heterocycles.